The van der Waals surface area contributed by atoms with Gasteiger partial charge < -0.3 is 9.47 Å². The van der Waals surface area contributed by atoms with Gasteiger partial charge in [0.2, 0.25) is 0 Å². The summed E-state index contributed by atoms with van der Waals surface area (Å²) in [5.41, 5.74) is 2.30. The van der Waals surface area contributed by atoms with Crippen LogP contribution >= 0.6 is 7.92 Å². The first-order valence-electron chi connectivity index (χ1n) is 9.99. The van der Waals surface area contributed by atoms with E-state index in [4.69, 9.17) is 9.47 Å². The summed E-state index contributed by atoms with van der Waals surface area (Å²) in [6, 6.07) is 23.4. The number of benzene rings is 4. The lowest BCUT2D eigenvalue weighted by molar-refractivity contribution is 0.467. The fraction of sp³-hybridized carbons (Fsp3) is 0.0370. The topological polar surface area (TPSA) is 18.5 Å². The fourth-order valence-electron chi connectivity index (χ4n) is 4.34. The highest BCUT2D eigenvalue weighted by molar-refractivity contribution is 7.80. The molecule has 0 saturated heterocycles. The summed E-state index contributed by atoms with van der Waals surface area (Å²) in [7, 11) is -0.760. The van der Waals surface area contributed by atoms with E-state index in [1.165, 1.54) is 21.3 Å². The van der Waals surface area contributed by atoms with E-state index in [-0.39, 0.29) is 0 Å². The summed E-state index contributed by atoms with van der Waals surface area (Å²) in [6.45, 7) is 5.92. The lowest BCUT2D eigenvalue weighted by atomic mass is 10.1. The molecule has 1 atom stereocenters. The Labute approximate surface area is 176 Å². The van der Waals surface area contributed by atoms with Gasteiger partial charge in [0.1, 0.15) is 23.0 Å². The second-order valence-corrected chi connectivity index (χ2v) is 9.58. The fourth-order valence-corrected chi connectivity index (χ4v) is 7.00. The van der Waals surface area contributed by atoms with Crippen LogP contribution in [0.5, 0.6) is 23.0 Å². The molecule has 0 amide bonds. The van der Waals surface area contributed by atoms with Crippen molar-refractivity contribution in [2.75, 3.05) is 0 Å². The zero-order chi connectivity index (χ0) is 20.2. The third-order valence-electron chi connectivity index (χ3n) is 5.79. The standard InChI is InChI=1S/C27H19O2P/c1-3-4-8-18-13-15-23-25(17(18)2)28-21-11-7-12-22-27(21)30(23)24-16-14-19-9-5-6-10-20(19)26(24)29-22/h3-16H,1H2,2H3/b8-4-. The molecule has 4 aromatic carbocycles. The smallest absolute Gasteiger partial charge is 0.143 e. The first-order chi connectivity index (χ1) is 14.8. The van der Waals surface area contributed by atoms with Crippen molar-refractivity contribution < 1.29 is 9.47 Å². The minimum absolute atomic E-state index is 0.760. The molecule has 2 aliphatic rings. The molecule has 30 heavy (non-hydrogen) atoms. The molecule has 0 N–H and O–H groups in total. The van der Waals surface area contributed by atoms with Gasteiger partial charge in [-0.25, -0.2) is 0 Å². The van der Waals surface area contributed by atoms with Gasteiger partial charge in [-0.1, -0.05) is 67.3 Å². The third-order valence-corrected chi connectivity index (χ3v) is 8.35. The zero-order valence-corrected chi connectivity index (χ0v) is 17.4. The Kier molecular flexibility index (Phi) is 3.84. The van der Waals surface area contributed by atoms with Gasteiger partial charge in [-0.2, -0.15) is 0 Å². The van der Waals surface area contributed by atoms with Crippen molar-refractivity contribution in [3.05, 3.63) is 96.6 Å². The molecular weight excluding hydrogens is 387 g/mol. The average Bonchev–Trinajstić information content (AvgIpc) is 2.79. The Balaban J connectivity index is 1.65. The molecule has 2 heterocycles. The average molecular weight is 406 g/mol. The van der Waals surface area contributed by atoms with E-state index in [0.29, 0.717) is 0 Å². The predicted molar refractivity (Wildman–Crippen MR) is 127 cm³/mol. The largest absolute Gasteiger partial charge is 0.456 e. The molecule has 2 nitrogen and oxygen atoms in total. The van der Waals surface area contributed by atoms with Gasteiger partial charge in [-0.15, -0.1) is 0 Å². The molecule has 0 fully saturated rings. The van der Waals surface area contributed by atoms with Crippen molar-refractivity contribution in [1.29, 1.82) is 0 Å². The van der Waals surface area contributed by atoms with E-state index in [2.05, 4.69) is 80.2 Å². The van der Waals surface area contributed by atoms with Crippen molar-refractivity contribution in [3.63, 3.8) is 0 Å². The van der Waals surface area contributed by atoms with E-state index in [9.17, 15) is 0 Å². The van der Waals surface area contributed by atoms with Crippen LogP contribution in [0.15, 0.2) is 85.5 Å². The van der Waals surface area contributed by atoms with Crippen LogP contribution in [0.25, 0.3) is 16.8 Å². The summed E-state index contributed by atoms with van der Waals surface area (Å²) < 4.78 is 12.9. The molecule has 0 bridgehead atoms. The highest BCUT2D eigenvalue weighted by Crippen LogP contribution is 2.54. The Bertz CT molecular complexity index is 1380. The summed E-state index contributed by atoms with van der Waals surface area (Å²) in [4.78, 5) is 0. The van der Waals surface area contributed by atoms with Gasteiger partial charge >= 0.3 is 0 Å². The van der Waals surface area contributed by atoms with E-state index in [1.807, 2.05) is 12.1 Å². The molecule has 1 unspecified atom stereocenters. The third kappa shape index (κ3) is 2.41. The van der Waals surface area contributed by atoms with Gasteiger partial charge in [-0.05, 0) is 47.7 Å². The molecule has 2 aliphatic heterocycles. The molecule has 4 aromatic rings. The summed E-state index contributed by atoms with van der Waals surface area (Å²) >= 11 is 0. The minimum atomic E-state index is -0.760. The number of allylic oxidation sites excluding steroid dienone is 2. The van der Waals surface area contributed by atoms with Crippen LogP contribution in [-0.2, 0) is 0 Å². The van der Waals surface area contributed by atoms with Crippen LogP contribution in [0.3, 0.4) is 0 Å². The van der Waals surface area contributed by atoms with Crippen molar-refractivity contribution in [3.8, 4) is 23.0 Å². The molecule has 0 radical (unpaired) electrons. The van der Waals surface area contributed by atoms with Crippen molar-refractivity contribution in [1.82, 2.24) is 0 Å². The quantitative estimate of drug-likeness (QED) is 0.248. The highest BCUT2D eigenvalue weighted by atomic mass is 31.1. The maximum Gasteiger partial charge on any atom is 0.143 e. The van der Waals surface area contributed by atoms with Gasteiger partial charge in [0.15, 0.2) is 0 Å². The molecule has 0 spiro atoms. The van der Waals surface area contributed by atoms with Crippen LogP contribution in [-0.4, -0.2) is 0 Å². The maximum absolute atomic E-state index is 6.47. The van der Waals surface area contributed by atoms with Crippen LogP contribution in [0.1, 0.15) is 11.1 Å². The molecular formula is C27H19O2P. The second-order valence-electron chi connectivity index (χ2n) is 7.50. The monoisotopic (exact) mass is 406 g/mol. The molecule has 144 valence electrons. The maximum atomic E-state index is 6.47. The molecule has 0 aliphatic carbocycles. The van der Waals surface area contributed by atoms with Crippen LogP contribution in [0.4, 0.5) is 0 Å². The van der Waals surface area contributed by atoms with Gasteiger partial charge in [0.25, 0.3) is 0 Å². The zero-order valence-electron chi connectivity index (χ0n) is 16.6. The normalized spacial score (nSPS) is 15.7. The number of hydrogen-bond donors (Lipinski definition) is 0. The van der Waals surface area contributed by atoms with Crippen molar-refractivity contribution in [2.45, 2.75) is 6.92 Å². The SMILES string of the molecule is C=C/C=C\c1ccc2c(c1C)Oc1cccc3c1P2c1ccc2ccccc2c1O3. The van der Waals surface area contributed by atoms with E-state index in [0.717, 1.165) is 39.5 Å². The highest BCUT2D eigenvalue weighted by Gasteiger charge is 2.38. The summed E-state index contributed by atoms with van der Waals surface area (Å²) in [5, 5.41) is 6.03. The molecule has 3 heteroatoms. The first-order valence-corrected chi connectivity index (χ1v) is 11.3. The first kappa shape index (κ1) is 17.5. The Hall–Kier alpha value is -3.35. The molecule has 0 aromatic heterocycles. The lowest BCUT2D eigenvalue weighted by Gasteiger charge is -2.35. The Morgan fingerprint density at radius 1 is 0.800 bits per heavy atom. The molecule has 0 saturated carbocycles. The van der Waals surface area contributed by atoms with E-state index in [1.54, 1.807) is 6.08 Å². The molecule has 6 rings (SSSR count). The number of fused-ring (bicyclic) bond motifs is 6. The summed E-state index contributed by atoms with van der Waals surface area (Å²) in [6.07, 6.45) is 5.84. The van der Waals surface area contributed by atoms with Gasteiger partial charge in [-0.3, -0.25) is 0 Å². The van der Waals surface area contributed by atoms with Crippen LogP contribution in [0.2, 0.25) is 0 Å². The van der Waals surface area contributed by atoms with Crippen molar-refractivity contribution in [2.24, 2.45) is 0 Å². The Morgan fingerprint density at radius 3 is 2.37 bits per heavy atom. The van der Waals surface area contributed by atoms with E-state index < -0.39 is 7.92 Å². The number of hydrogen-bond acceptors (Lipinski definition) is 2. The van der Waals surface area contributed by atoms with Gasteiger partial charge in [0.05, 0.1) is 5.30 Å². The van der Waals surface area contributed by atoms with Crippen molar-refractivity contribution >= 4 is 40.7 Å². The van der Waals surface area contributed by atoms with Crippen LogP contribution < -0.4 is 25.4 Å². The lowest BCUT2D eigenvalue weighted by Crippen LogP contribution is -2.32. The predicted octanol–water partition coefficient (Wildman–Crippen LogP) is 6.32. The van der Waals surface area contributed by atoms with E-state index >= 15 is 0 Å². The minimum Gasteiger partial charge on any atom is -0.456 e. The number of rotatable bonds is 2. The Morgan fingerprint density at radius 2 is 1.53 bits per heavy atom. The van der Waals surface area contributed by atoms with Crippen LogP contribution in [0, 0.1) is 6.92 Å². The second kappa shape index (κ2) is 6.58. The summed E-state index contributed by atoms with van der Waals surface area (Å²) in [5.74, 6) is 3.75. The number of ether oxygens (including phenoxy) is 2. The van der Waals surface area contributed by atoms with Gasteiger partial charge in [0, 0.05) is 23.9 Å².